The highest BCUT2D eigenvalue weighted by atomic mass is 32.1. The summed E-state index contributed by atoms with van der Waals surface area (Å²) in [6.07, 6.45) is 7.44. The number of allylic oxidation sites excluding steroid dienone is 1. The minimum Gasteiger partial charge on any atom is -0.349 e. The number of hydrogen-bond acceptors (Lipinski definition) is 2. The van der Waals surface area contributed by atoms with E-state index in [1.165, 1.54) is 23.8 Å². The van der Waals surface area contributed by atoms with Crippen LogP contribution in [0.2, 0.25) is 0 Å². The van der Waals surface area contributed by atoms with Crippen molar-refractivity contribution in [1.82, 2.24) is 4.98 Å². The highest BCUT2D eigenvalue weighted by Crippen LogP contribution is 2.37. The summed E-state index contributed by atoms with van der Waals surface area (Å²) >= 11 is 5.33. The van der Waals surface area contributed by atoms with Crippen molar-refractivity contribution in [3.63, 3.8) is 0 Å². The van der Waals surface area contributed by atoms with E-state index in [1.807, 2.05) is 0 Å². The number of aromatic amines is 1. The summed E-state index contributed by atoms with van der Waals surface area (Å²) in [7, 11) is 0. The first kappa shape index (κ1) is 14.2. The van der Waals surface area contributed by atoms with Gasteiger partial charge in [0.05, 0.1) is 0 Å². The average molecular weight is 275 g/mol. The Hall–Kier alpha value is -1.22. The van der Waals surface area contributed by atoms with E-state index >= 15 is 0 Å². The van der Waals surface area contributed by atoms with Gasteiger partial charge in [-0.2, -0.15) is 0 Å². The van der Waals surface area contributed by atoms with Crippen LogP contribution in [-0.2, 0) is 17.6 Å². The molecule has 1 aliphatic rings. The molecule has 1 aliphatic carbocycles. The third-order valence-corrected chi connectivity index (χ3v) is 4.37. The fourth-order valence-corrected chi connectivity index (χ4v) is 2.98. The highest BCUT2D eigenvalue weighted by Gasteiger charge is 2.28. The summed E-state index contributed by atoms with van der Waals surface area (Å²) in [5, 5.41) is 0. The monoisotopic (exact) mass is 275 g/mol. The van der Waals surface area contributed by atoms with Crippen LogP contribution in [0, 0.1) is 16.0 Å². The SMILES string of the molecule is CC(C)(C)C1CCc2[nH]c(=S)c(/C=C/C=O)cc2C1. The second-order valence-electron chi connectivity index (χ2n) is 6.36. The standard InChI is InChI=1S/C16H21NOS/c1-16(2,3)13-6-7-14-12(10-13)9-11(5-4-8-18)15(19)17-14/h4-5,8-9,13H,6-7,10H2,1-3H3,(H,17,19)/b5-4+. The lowest BCUT2D eigenvalue weighted by atomic mass is 9.71. The number of nitrogens with one attached hydrogen (secondary N) is 1. The van der Waals surface area contributed by atoms with Crippen molar-refractivity contribution < 1.29 is 4.79 Å². The molecule has 0 spiro atoms. The maximum atomic E-state index is 10.4. The lowest BCUT2D eigenvalue weighted by Crippen LogP contribution is -2.27. The molecule has 0 saturated heterocycles. The molecule has 2 rings (SSSR count). The van der Waals surface area contributed by atoms with Crippen molar-refractivity contribution >= 4 is 24.6 Å². The number of hydrogen-bond donors (Lipinski definition) is 1. The van der Waals surface area contributed by atoms with E-state index in [2.05, 4.69) is 31.8 Å². The fourth-order valence-electron chi connectivity index (χ4n) is 2.73. The van der Waals surface area contributed by atoms with E-state index in [0.717, 1.165) is 29.3 Å². The molecule has 0 aliphatic heterocycles. The van der Waals surface area contributed by atoms with E-state index in [-0.39, 0.29) is 0 Å². The van der Waals surface area contributed by atoms with Crippen LogP contribution in [0.3, 0.4) is 0 Å². The van der Waals surface area contributed by atoms with Crippen molar-refractivity contribution in [1.29, 1.82) is 0 Å². The van der Waals surface area contributed by atoms with E-state index in [4.69, 9.17) is 12.2 Å². The second-order valence-corrected chi connectivity index (χ2v) is 6.77. The topological polar surface area (TPSA) is 32.9 Å². The first-order chi connectivity index (χ1) is 8.91. The Bertz CT molecular complexity index is 563. The molecule has 1 unspecified atom stereocenters. The Labute approximate surface area is 119 Å². The highest BCUT2D eigenvalue weighted by molar-refractivity contribution is 7.71. The van der Waals surface area contributed by atoms with Gasteiger partial charge in [-0.1, -0.05) is 33.0 Å². The number of H-pyrrole nitrogens is 1. The Morgan fingerprint density at radius 1 is 1.42 bits per heavy atom. The van der Waals surface area contributed by atoms with Crippen LogP contribution in [0.4, 0.5) is 0 Å². The van der Waals surface area contributed by atoms with Gasteiger partial charge in [-0.15, -0.1) is 0 Å². The average Bonchev–Trinajstić information content (AvgIpc) is 2.34. The minimum absolute atomic E-state index is 0.336. The molecule has 0 saturated carbocycles. The number of aldehydes is 1. The Balaban J connectivity index is 2.36. The summed E-state index contributed by atoms with van der Waals surface area (Å²) in [5.41, 5.74) is 3.90. The molecular weight excluding hydrogens is 254 g/mol. The van der Waals surface area contributed by atoms with Crippen LogP contribution < -0.4 is 0 Å². The quantitative estimate of drug-likeness (QED) is 0.500. The third kappa shape index (κ3) is 3.21. The molecule has 1 aromatic heterocycles. The van der Waals surface area contributed by atoms with Crippen molar-refractivity contribution in [3.05, 3.63) is 33.6 Å². The van der Waals surface area contributed by atoms with Gasteiger partial charge in [0.15, 0.2) is 0 Å². The Morgan fingerprint density at radius 2 is 2.16 bits per heavy atom. The molecule has 3 heteroatoms. The zero-order valence-electron chi connectivity index (χ0n) is 11.8. The maximum Gasteiger partial charge on any atom is 0.142 e. The predicted octanol–water partition coefficient (Wildman–Crippen LogP) is 4.11. The fraction of sp³-hybridized carbons (Fsp3) is 0.500. The van der Waals surface area contributed by atoms with E-state index < -0.39 is 0 Å². The first-order valence-corrected chi connectivity index (χ1v) is 7.19. The summed E-state index contributed by atoms with van der Waals surface area (Å²) in [5.74, 6) is 0.701. The molecule has 0 aromatic carbocycles. The normalized spacial score (nSPS) is 19.4. The molecule has 1 aromatic rings. The lowest BCUT2D eigenvalue weighted by Gasteiger charge is -2.34. The maximum absolute atomic E-state index is 10.4. The summed E-state index contributed by atoms with van der Waals surface area (Å²) in [6, 6.07) is 2.14. The molecule has 0 bridgehead atoms. The summed E-state index contributed by atoms with van der Waals surface area (Å²) in [4.78, 5) is 13.8. The van der Waals surface area contributed by atoms with Crippen LogP contribution >= 0.6 is 12.2 Å². The number of pyridine rings is 1. The first-order valence-electron chi connectivity index (χ1n) is 6.78. The minimum atomic E-state index is 0.336. The van der Waals surface area contributed by atoms with Crippen LogP contribution in [0.25, 0.3) is 6.08 Å². The van der Waals surface area contributed by atoms with Gasteiger partial charge >= 0.3 is 0 Å². The molecule has 19 heavy (non-hydrogen) atoms. The molecule has 1 heterocycles. The van der Waals surface area contributed by atoms with Gasteiger partial charge in [0.25, 0.3) is 0 Å². The predicted molar refractivity (Wildman–Crippen MR) is 81.7 cm³/mol. The second kappa shape index (κ2) is 5.41. The molecule has 0 amide bonds. The van der Waals surface area contributed by atoms with Gasteiger partial charge in [0.1, 0.15) is 10.9 Å². The molecule has 0 fully saturated rings. The van der Waals surface area contributed by atoms with Crippen LogP contribution in [-0.4, -0.2) is 11.3 Å². The van der Waals surface area contributed by atoms with Crippen molar-refractivity contribution in [2.75, 3.05) is 0 Å². The molecule has 2 nitrogen and oxygen atoms in total. The van der Waals surface area contributed by atoms with Crippen molar-refractivity contribution in [2.24, 2.45) is 11.3 Å². The lowest BCUT2D eigenvalue weighted by molar-refractivity contribution is -0.104. The van der Waals surface area contributed by atoms with Gasteiger partial charge in [0, 0.05) is 11.3 Å². The molecule has 1 N–H and O–H groups in total. The molecule has 102 valence electrons. The van der Waals surface area contributed by atoms with Crippen LogP contribution in [0.1, 0.15) is 44.0 Å². The van der Waals surface area contributed by atoms with Gasteiger partial charge < -0.3 is 4.98 Å². The Kier molecular flexibility index (Phi) is 4.04. The van der Waals surface area contributed by atoms with Gasteiger partial charge in [0.2, 0.25) is 0 Å². The van der Waals surface area contributed by atoms with Gasteiger partial charge in [-0.3, -0.25) is 4.79 Å². The number of carbonyl (C=O) groups is 1. The molecular formula is C16H21NOS. The molecule has 1 atom stereocenters. The van der Waals surface area contributed by atoms with Gasteiger partial charge in [-0.25, -0.2) is 0 Å². The van der Waals surface area contributed by atoms with Crippen molar-refractivity contribution in [2.45, 2.75) is 40.0 Å². The molecule has 0 radical (unpaired) electrons. The van der Waals surface area contributed by atoms with Crippen LogP contribution in [0.5, 0.6) is 0 Å². The number of aromatic nitrogens is 1. The summed E-state index contributed by atoms with van der Waals surface area (Å²) in [6.45, 7) is 6.92. The number of carbonyl (C=O) groups excluding carboxylic acids is 1. The third-order valence-electron chi connectivity index (χ3n) is 4.03. The Morgan fingerprint density at radius 3 is 2.79 bits per heavy atom. The zero-order valence-corrected chi connectivity index (χ0v) is 12.6. The number of rotatable bonds is 2. The van der Waals surface area contributed by atoms with E-state index in [1.54, 1.807) is 6.08 Å². The number of aryl methyl sites for hydroxylation is 1. The van der Waals surface area contributed by atoms with E-state index in [0.29, 0.717) is 11.3 Å². The van der Waals surface area contributed by atoms with Crippen molar-refractivity contribution in [3.8, 4) is 0 Å². The zero-order chi connectivity index (χ0) is 14.0. The number of fused-ring (bicyclic) bond motifs is 1. The van der Waals surface area contributed by atoms with Crippen LogP contribution in [0.15, 0.2) is 12.1 Å². The van der Waals surface area contributed by atoms with E-state index in [9.17, 15) is 4.79 Å². The summed E-state index contributed by atoms with van der Waals surface area (Å²) < 4.78 is 0.728. The smallest absolute Gasteiger partial charge is 0.142 e. The van der Waals surface area contributed by atoms with Gasteiger partial charge in [-0.05, 0) is 54.4 Å². The largest absolute Gasteiger partial charge is 0.349 e.